The Balaban J connectivity index is 2.37. The van der Waals surface area contributed by atoms with Gasteiger partial charge in [-0.2, -0.15) is 4.98 Å². The highest BCUT2D eigenvalue weighted by Crippen LogP contribution is 2.70. The molecule has 0 aliphatic carbocycles. The summed E-state index contributed by atoms with van der Waals surface area (Å²) >= 11 is 12.1. The second-order valence-corrected chi connectivity index (χ2v) is 12.7. The van der Waals surface area contributed by atoms with Crippen LogP contribution in [-0.4, -0.2) is 48.3 Å². The summed E-state index contributed by atoms with van der Waals surface area (Å²) in [6, 6.07) is 6.42. The van der Waals surface area contributed by atoms with E-state index in [1.807, 2.05) is 0 Å². The van der Waals surface area contributed by atoms with Crippen LogP contribution in [0.4, 0.5) is 5.95 Å². The number of benzene rings is 1. The Bertz CT molecular complexity index is 1030. The number of anilines is 1. The molecule has 1 heterocycles. The molecule has 35 heavy (non-hydrogen) atoms. The smallest absolute Gasteiger partial charge is 0.347 e. The molecule has 1 aromatic heterocycles. The monoisotopic (exact) mass is 569 g/mol. The highest BCUT2D eigenvalue weighted by molar-refractivity contribution is 7.72. The van der Waals surface area contributed by atoms with Crippen molar-refractivity contribution in [2.75, 3.05) is 38.3 Å². The molecule has 10 nitrogen and oxygen atoms in total. The van der Waals surface area contributed by atoms with Gasteiger partial charge in [-0.25, -0.2) is 4.98 Å². The lowest BCUT2D eigenvalue weighted by Crippen LogP contribution is -2.26. The molecule has 1 N–H and O–H groups in total. The summed E-state index contributed by atoms with van der Waals surface area (Å²) in [5.74, 6) is 0.693. The van der Waals surface area contributed by atoms with E-state index in [-0.39, 0.29) is 44.8 Å². The Kier molecular flexibility index (Phi) is 11.9. The predicted molar refractivity (Wildman–Crippen MR) is 137 cm³/mol. The SMILES string of the molecule is CCOP(=O)(OCC)C(CNc1nc(C)cc(Oc2ccc(Cl)cc2Cl)n1)P(=O)(OCC)OCC. The van der Waals surface area contributed by atoms with Crippen molar-refractivity contribution in [2.24, 2.45) is 0 Å². The minimum atomic E-state index is -3.93. The fourth-order valence-corrected chi connectivity index (χ4v) is 8.60. The van der Waals surface area contributed by atoms with Crippen LogP contribution in [0.3, 0.4) is 0 Å². The summed E-state index contributed by atoms with van der Waals surface area (Å²) in [6.07, 6.45) is 0. The van der Waals surface area contributed by atoms with E-state index < -0.39 is 20.6 Å². The number of aryl methyl sites for hydroxylation is 1. The topological polar surface area (TPSA) is 118 Å². The summed E-state index contributed by atoms with van der Waals surface area (Å²) in [7, 11) is -7.86. The number of hydrogen-bond donors (Lipinski definition) is 1. The van der Waals surface area contributed by atoms with Gasteiger partial charge in [0.25, 0.3) is 0 Å². The van der Waals surface area contributed by atoms with Crippen LogP contribution in [0.2, 0.25) is 10.0 Å². The van der Waals surface area contributed by atoms with E-state index in [4.69, 9.17) is 46.0 Å². The van der Waals surface area contributed by atoms with Crippen molar-refractivity contribution in [1.82, 2.24) is 9.97 Å². The van der Waals surface area contributed by atoms with E-state index in [2.05, 4.69) is 15.3 Å². The van der Waals surface area contributed by atoms with Crippen molar-refractivity contribution in [3.63, 3.8) is 0 Å². The zero-order valence-corrected chi connectivity index (χ0v) is 23.6. The van der Waals surface area contributed by atoms with Gasteiger partial charge in [0.15, 0.2) is 5.40 Å². The van der Waals surface area contributed by atoms with Crippen molar-refractivity contribution < 1.29 is 32.0 Å². The van der Waals surface area contributed by atoms with Gasteiger partial charge in [0.1, 0.15) is 5.75 Å². The van der Waals surface area contributed by atoms with E-state index in [0.29, 0.717) is 21.5 Å². The van der Waals surface area contributed by atoms with Crippen molar-refractivity contribution in [2.45, 2.75) is 40.0 Å². The van der Waals surface area contributed by atoms with Gasteiger partial charge in [-0.1, -0.05) is 23.2 Å². The largest absolute Gasteiger partial charge is 0.437 e. The van der Waals surface area contributed by atoms with Crippen molar-refractivity contribution in [3.05, 3.63) is 40.0 Å². The van der Waals surface area contributed by atoms with Gasteiger partial charge in [0.2, 0.25) is 11.8 Å². The number of ether oxygens (including phenoxy) is 1. The van der Waals surface area contributed by atoms with E-state index in [1.165, 1.54) is 0 Å². The summed E-state index contributed by atoms with van der Waals surface area (Å²) in [6.45, 7) is 8.53. The van der Waals surface area contributed by atoms with Crippen LogP contribution in [0.25, 0.3) is 0 Å². The van der Waals surface area contributed by atoms with Crippen LogP contribution in [0.5, 0.6) is 11.6 Å². The standard InChI is InChI=1S/C21H31Cl2N3O7P2/c1-6-29-34(27,30-7-2)20(35(28,31-8-3)32-9-4)14-24-21-25-15(5)12-19(26-21)33-18-11-10-16(22)13-17(18)23/h10-13,20H,6-9,14H2,1-5H3,(H,24,25,26). The van der Waals surface area contributed by atoms with E-state index in [1.54, 1.807) is 58.9 Å². The summed E-state index contributed by atoms with van der Waals surface area (Å²) in [4.78, 5) is 8.67. The van der Waals surface area contributed by atoms with E-state index >= 15 is 0 Å². The van der Waals surface area contributed by atoms with Gasteiger partial charge in [-0.05, 0) is 52.8 Å². The molecule has 0 atom stereocenters. The molecule has 0 aliphatic heterocycles. The maximum atomic E-state index is 13.7. The third-order valence-corrected chi connectivity index (χ3v) is 10.9. The average Bonchev–Trinajstić information content (AvgIpc) is 2.76. The van der Waals surface area contributed by atoms with Crippen LogP contribution >= 0.6 is 38.4 Å². The zero-order chi connectivity index (χ0) is 26.1. The molecule has 0 radical (unpaired) electrons. The Morgan fingerprint density at radius 2 is 1.43 bits per heavy atom. The number of nitrogens with one attached hydrogen (secondary N) is 1. The molecular weight excluding hydrogens is 539 g/mol. The Morgan fingerprint density at radius 1 is 0.886 bits per heavy atom. The van der Waals surface area contributed by atoms with Crippen LogP contribution in [0, 0.1) is 6.92 Å². The number of aromatic nitrogens is 2. The third-order valence-electron chi connectivity index (χ3n) is 4.35. The molecule has 0 saturated carbocycles. The van der Waals surface area contributed by atoms with Gasteiger partial charge >= 0.3 is 15.2 Å². The van der Waals surface area contributed by atoms with Gasteiger partial charge in [0, 0.05) is 23.3 Å². The maximum absolute atomic E-state index is 13.7. The van der Waals surface area contributed by atoms with Crippen LogP contribution < -0.4 is 10.1 Å². The minimum absolute atomic E-state index is 0.0762. The number of nitrogens with zero attached hydrogens (tertiary/aromatic N) is 2. The van der Waals surface area contributed by atoms with Crippen molar-refractivity contribution in [1.29, 1.82) is 0 Å². The minimum Gasteiger partial charge on any atom is -0.437 e. The molecule has 2 aromatic rings. The lowest BCUT2D eigenvalue weighted by atomic mass is 10.3. The predicted octanol–water partition coefficient (Wildman–Crippen LogP) is 7.15. The normalized spacial score (nSPS) is 12.2. The first kappa shape index (κ1) is 30.0. The first-order valence-electron chi connectivity index (χ1n) is 11.1. The lowest BCUT2D eigenvalue weighted by Gasteiger charge is -2.31. The first-order valence-corrected chi connectivity index (χ1v) is 15.1. The molecule has 196 valence electrons. The fraction of sp³-hybridized carbons (Fsp3) is 0.524. The van der Waals surface area contributed by atoms with Gasteiger partial charge < -0.3 is 28.1 Å². The molecule has 0 unspecified atom stereocenters. The first-order chi connectivity index (χ1) is 16.6. The summed E-state index contributed by atoms with van der Waals surface area (Å²) in [5.41, 5.74) is 0.578. The van der Waals surface area contributed by atoms with Gasteiger partial charge in [0.05, 0.1) is 31.5 Å². The van der Waals surface area contributed by atoms with Crippen LogP contribution in [0.1, 0.15) is 33.4 Å². The van der Waals surface area contributed by atoms with Gasteiger partial charge in [-0.3, -0.25) is 9.13 Å². The zero-order valence-electron chi connectivity index (χ0n) is 20.3. The lowest BCUT2D eigenvalue weighted by molar-refractivity contribution is 0.196. The number of hydrogen-bond acceptors (Lipinski definition) is 10. The van der Waals surface area contributed by atoms with E-state index in [9.17, 15) is 9.13 Å². The second kappa shape index (κ2) is 13.9. The maximum Gasteiger partial charge on any atom is 0.347 e. The molecule has 0 spiro atoms. The van der Waals surface area contributed by atoms with E-state index in [0.717, 1.165) is 0 Å². The Hall–Kier alpha value is -1.22. The molecule has 1 aromatic carbocycles. The quantitative estimate of drug-likeness (QED) is 0.221. The molecule has 0 aliphatic rings. The molecule has 0 bridgehead atoms. The molecule has 0 amide bonds. The molecular formula is C21H31Cl2N3O7P2. The molecule has 0 saturated heterocycles. The fourth-order valence-electron chi connectivity index (χ4n) is 3.06. The van der Waals surface area contributed by atoms with Crippen molar-refractivity contribution >= 4 is 44.3 Å². The average molecular weight is 570 g/mol. The molecule has 2 rings (SSSR count). The van der Waals surface area contributed by atoms with Crippen LogP contribution in [0.15, 0.2) is 24.3 Å². The molecule has 0 fully saturated rings. The Morgan fingerprint density at radius 3 is 1.91 bits per heavy atom. The summed E-state index contributed by atoms with van der Waals surface area (Å²) in [5, 5.41) is 2.47. The Labute approximate surface area is 216 Å². The highest BCUT2D eigenvalue weighted by Gasteiger charge is 2.50. The number of halogens is 2. The third kappa shape index (κ3) is 8.41. The molecule has 14 heteroatoms. The summed E-state index contributed by atoms with van der Waals surface area (Å²) < 4.78 is 55.0. The highest BCUT2D eigenvalue weighted by atomic mass is 35.5. The van der Waals surface area contributed by atoms with Crippen molar-refractivity contribution in [3.8, 4) is 11.6 Å². The van der Waals surface area contributed by atoms with Gasteiger partial charge in [-0.15, -0.1) is 0 Å². The second-order valence-electron chi connectivity index (χ2n) is 6.96. The van der Waals surface area contributed by atoms with Crippen LogP contribution in [-0.2, 0) is 27.2 Å². The number of rotatable bonds is 15.